The number of hydrogen-bond acceptors (Lipinski definition) is 4. The lowest BCUT2D eigenvalue weighted by Crippen LogP contribution is -2.24. The summed E-state index contributed by atoms with van der Waals surface area (Å²) in [6.07, 6.45) is 0.176. The smallest absolute Gasteiger partial charge is 0.341 e. The first-order valence-electron chi connectivity index (χ1n) is 5.88. The molecule has 0 fully saturated rings. The fourth-order valence-electron chi connectivity index (χ4n) is 1.66. The quantitative estimate of drug-likeness (QED) is 0.808. The summed E-state index contributed by atoms with van der Waals surface area (Å²) in [7, 11) is -4.73. The van der Waals surface area contributed by atoms with Gasteiger partial charge in [0.2, 0.25) is 9.84 Å². The van der Waals surface area contributed by atoms with Crippen molar-refractivity contribution in [1.82, 2.24) is 0 Å². The van der Waals surface area contributed by atoms with Gasteiger partial charge >= 0.3 is 11.7 Å². The van der Waals surface area contributed by atoms with Crippen LogP contribution in [0.3, 0.4) is 0 Å². The third kappa shape index (κ3) is 3.89. The molecular weight excluding hydrogens is 292 g/mol. The predicted molar refractivity (Wildman–Crippen MR) is 69.6 cm³/mol. The summed E-state index contributed by atoms with van der Waals surface area (Å²) in [5.41, 5.74) is -0.0131. The fraction of sp³-hybridized carbons (Fsp3) is 0.417. The first-order chi connectivity index (χ1) is 9.28. The molecule has 20 heavy (non-hydrogen) atoms. The predicted octanol–water partition coefficient (Wildman–Crippen LogP) is 2.35. The standard InChI is InChI=1S/C12H15F2NO4S/c1-2-8(7-11(16)17)15-9-5-3-4-6-10(9)20(18,19)12(13)14/h3-6,8,12,15H,2,7H2,1H3,(H,16,17). The van der Waals surface area contributed by atoms with Crippen LogP contribution in [0.1, 0.15) is 19.8 Å². The van der Waals surface area contributed by atoms with Gasteiger partial charge in [-0.2, -0.15) is 8.78 Å². The molecule has 2 N–H and O–H groups in total. The Labute approximate surface area is 115 Å². The molecule has 0 saturated heterocycles. The molecule has 1 atom stereocenters. The topological polar surface area (TPSA) is 83.5 Å². The summed E-state index contributed by atoms with van der Waals surface area (Å²) in [6.45, 7) is 1.71. The molecule has 1 aromatic rings. The lowest BCUT2D eigenvalue weighted by molar-refractivity contribution is -0.137. The van der Waals surface area contributed by atoms with Crippen LogP contribution < -0.4 is 5.32 Å². The number of alkyl halides is 2. The summed E-state index contributed by atoms with van der Waals surface area (Å²) in [5, 5.41) is 11.4. The molecule has 8 heteroatoms. The first kappa shape index (κ1) is 16.4. The Balaban J connectivity index is 3.11. The van der Waals surface area contributed by atoms with Crippen molar-refractivity contribution >= 4 is 21.5 Å². The van der Waals surface area contributed by atoms with Crippen LogP contribution in [-0.4, -0.2) is 31.3 Å². The number of sulfone groups is 1. The number of benzene rings is 1. The monoisotopic (exact) mass is 307 g/mol. The average molecular weight is 307 g/mol. The van der Waals surface area contributed by atoms with Gasteiger partial charge in [-0.3, -0.25) is 4.79 Å². The van der Waals surface area contributed by atoms with Crippen LogP contribution in [0.25, 0.3) is 0 Å². The van der Waals surface area contributed by atoms with E-state index < -0.39 is 32.5 Å². The van der Waals surface area contributed by atoms with Crippen molar-refractivity contribution in [2.24, 2.45) is 0 Å². The Bertz CT molecular complexity index is 575. The molecule has 0 bridgehead atoms. The average Bonchev–Trinajstić information content (AvgIpc) is 2.37. The largest absolute Gasteiger partial charge is 0.481 e. The number of hydrogen-bond donors (Lipinski definition) is 2. The second-order valence-corrected chi connectivity index (χ2v) is 6.04. The molecule has 5 nitrogen and oxygen atoms in total. The van der Waals surface area contributed by atoms with Crippen LogP contribution in [-0.2, 0) is 14.6 Å². The molecule has 1 unspecified atom stereocenters. The van der Waals surface area contributed by atoms with Crippen molar-refractivity contribution in [3.05, 3.63) is 24.3 Å². The van der Waals surface area contributed by atoms with Crippen molar-refractivity contribution in [2.75, 3.05) is 5.32 Å². The number of carboxylic acids is 1. The lowest BCUT2D eigenvalue weighted by atomic mass is 10.1. The maximum absolute atomic E-state index is 12.6. The van der Waals surface area contributed by atoms with Crippen LogP contribution in [0.2, 0.25) is 0 Å². The molecule has 0 amide bonds. The van der Waals surface area contributed by atoms with Crippen LogP contribution in [0.15, 0.2) is 29.2 Å². The van der Waals surface area contributed by atoms with Gasteiger partial charge in [0.25, 0.3) is 0 Å². The Hall–Kier alpha value is -1.70. The third-order valence-corrected chi connectivity index (χ3v) is 4.14. The highest BCUT2D eigenvalue weighted by atomic mass is 32.2. The lowest BCUT2D eigenvalue weighted by Gasteiger charge is -2.18. The second-order valence-electron chi connectivity index (χ2n) is 4.15. The van der Waals surface area contributed by atoms with Gasteiger partial charge in [0.1, 0.15) is 0 Å². The number of carbonyl (C=O) groups is 1. The van der Waals surface area contributed by atoms with Gasteiger partial charge in [-0.05, 0) is 18.6 Å². The summed E-state index contributed by atoms with van der Waals surface area (Å²) >= 11 is 0. The summed E-state index contributed by atoms with van der Waals surface area (Å²) in [5.74, 6) is -4.58. The molecule has 0 aliphatic rings. The highest BCUT2D eigenvalue weighted by Crippen LogP contribution is 2.27. The van der Waals surface area contributed by atoms with E-state index in [1.165, 1.54) is 18.2 Å². The van der Waals surface area contributed by atoms with E-state index >= 15 is 0 Å². The van der Waals surface area contributed by atoms with E-state index in [4.69, 9.17) is 5.11 Å². The van der Waals surface area contributed by atoms with E-state index in [1.54, 1.807) is 6.92 Å². The summed E-state index contributed by atoms with van der Waals surface area (Å²) < 4.78 is 48.3. The van der Waals surface area contributed by atoms with Gasteiger partial charge in [-0.1, -0.05) is 19.1 Å². The zero-order valence-corrected chi connectivity index (χ0v) is 11.5. The maximum atomic E-state index is 12.6. The van der Waals surface area contributed by atoms with Crippen LogP contribution in [0, 0.1) is 0 Å². The van der Waals surface area contributed by atoms with Crippen LogP contribution >= 0.6 is 0 Å². The number of nitrogens with one attached hydrogen (secondary N) is 1. The van der Waals surface area contributed by atoms with Gasteiger partial charge in [-0.25, -0.2) is 8.42 Å². The zero-order valence-electron chi connectivity index (χ0n) is 10.7. The first-order valence-corrected chi connectivity index (χ1v) is 7.43. The summed E-state index contributed by atoms with van der Waals surface area (Å²) in [4.78, 5) is 10.1. The van der Waals surface area contributed by atoms with Gasteiger partial charge < -0.3 is 10.4 Å². The number of anilines is 1. The summed E-state index contributed by atoms with van der Waals surface area (Å²) in [6, 6.07) is 4.68. The molecule has 0 aliphatic carbocycles. The molecule has 0 spiro atoms. The van der Waals surface area contributed by atoms with Gasteiger partial charge in [0.15, 0.2) is 0 Å². The van der Waals surface area contributed by atoms with Crippen molar-refractivity contribution in [1.29, 1.82) is 0 Å². The minimum Gasteiger partial charge on any atom is -0.481 e. The minimum absolute atomic E-state index is 0.0131. The zero-order chi connectivity index (χ0) is 15.3. The Kier molecular flexibility index (Phi) is 5.43. The Morgan fingerprint density at radius 3 is 2.45 bits per heavy atom. The van der Waals surface area contributed by atoms with Crippen LogP contribution in [0.4, 0.5) is 14.5 Å². The second kappa shape index (κ2) is 6.65. The van der Waals surface area contributed by atoms with E-state index in [1.807, 2.05) is 0 Å². The number of carboxylic acid groups (broad SMARTS) is 1. The van der Waals surface area contributed by atoms with E-state index in [-0.39, 0.29) is 12.1 Å². The van der Waals surface area contributed by atoms with E-state index in [0.29, 0.717) is 6.42 Å². The Morgan fingerprint density at radius 1 is 1.35 bits per heavy atom. The molecule has 112 valence electrons. The Morgan fingerprint density at radius 2 is 1.95 bits per heavy atom. The molecule has 0 aliphatic heterocycles. The number of rotatable bonds is 7. The molecular formula is C12H15F2NO4S. The molecule has 1 rings (SSSR count). The van der Waals surface area contributed by atoms with Gasteiger partial charge in [0.05, 0.1) is 17.0 Å². The van der Waals surface area contributed by atoms with Crippen molar-refractivity contribution in [2.45, 2.75) is 36.5 Å². The highest BCUT2D eigenvalue weighted by molar-refractivity contribution is 7.91. The minimum atomic E-state index is -4.73. The van der Waals surface area contributed by atoms with E-state index in [0.717, 1.165) is 6.07 Å². The van der Waals surface area contributed by atoms with Crippen LogP contribution in [0.5, 0.6) is 0 Å². The molecule has 0 saturated carbocycles. The number of halogens is 2. The van der Waals surface area contributed by atoms with Crippen molar-refractivity contribution in [3.63, 3.8) is 0 Å². The van der Waals surface area contributed by atoms with Gasteiger partial charge in [0, 0.05) is 6.04 Å². The van der Waals surface area contributed by atoms with E-state index in [2.05, 4.69) is 5.32 Å². The maximum Gasteiger partial charge on any atom is 0.341 e. The third-order valence-electron chi connectivity index (χ3n) is 2.70. The van der Waals surface area contributed by atoms with E-state index in [9.17, 15) is 22.0 Å². The highest BCUT2D eigenvalue weighted by Gasteiger charge is 2.29. The molecule has 0 heterocycles. The molecule has 0 radical (unpaired) electrons. The van der Waals surface area contributed by atoms with Crippen molar-refractivity contribution in [3.8, 4) is 0 Å². The molecule has 1 aromatic carbocycles. The SMILES string of the molecule is CCC(CC(=O)O)Nc1ccccc1S(=O)(=O)C(F)F. The fourth-order valence-corrected chi connectivity index (χ4v) is 2.55. The van der Waals surface area contributed by atoms with Crippen molar-refractivity contribution < 1.29 is 27.1 Å². The van der Waals surface area contributed by atoms with Gasteiger partial charge in [-0.15, -0.1) is 0 Å². The number of aliphatic carboxylic acids is 1. The molecule has 0 aromatic heterocycles. The number of para-hydroxylation sites is 1. The normalized spacial score (nSPS) is 13.2.